The second-order valence-electron chi connectivity index (χ2n) is 7.31. The standard InChI is InChI=1S/C24H28N4O2/c1-19-9-8-10-20(17-19)21-13-15-26-23(18-21)28(22-11-5-6-14-25-22)16-7-3-2-4-12-24(29)27-30/h5-6,8-11,13-15,17-18,30H,2-4,7,12,16H2,1H3,(H,27,29). The SMILES string of the molecule is Cc1cccc(-c2ccnc(N(CCCCCCC(=O)NO)c3ccccn3)c2)c1. The van der Waals surface area contributed by atoms with Crippen molar-refractivity contribution in [2.45, 2.75) is 39.0 Å². The van der Waals surface area contributed by atoms with E-state index in [9.17, 15) is 4.79 Å². The molecular formula is C24H28N4O2. The zero-order valence-corrected chi connectivity index (χ0v) is 17.3. The summed E-state index contributed by atoms with van der Waals surface area (Å²) in [6, 6.07) is 18.5. The van der Waals surface area contributed by atoms with E-state index in [1.165, 1.54) is 11.1 Å². The van der Waals surface area contributed by atoms with Crippen LogP contribution in [0.3, 0.4) is 0 Å². The third-order valence-electron chi connectivity index (χ3n) is 4.96. The number of aryl methyl sites for hydroxylation is 1. The number of carbonyl (C=O) groups is 1. The Morgan fingerprint density at radius 3 is 2.47 bits per heavy atom. The highest BCUT2D eigenvalue weighted by atomic mass is 16.5. The van der Waals surface area contributed by atoms with E-state index in [1.807, 2.05) is 30.5 Å². The molecule has 3 aromatic rings. The fourth-order valence-corrected chi connectivity index (χ4v) is 3.39. The minimum Gasteiger partial charge on any atom is -0.311 e. The van der Waals surface area contributed by atoms with Gasteiger partial charge in [0, 0.05) is 25.4 Å². The molecule has 3 rings (SSSR count). The number of benzene rings is 1. The molecule has 0 fully saturated rings. The number of unbranched alkanes of at least 4 members (excludes halogenated alkanes) is 3. The molecule has 2 N–H and O–H groups in total. The maximum atomic E-state index is 11.1. The smallest absolute Gasteiger partial charge is 0.243 e. The van der Waals surface area contributed by atoms with Crippen LogP contribution in [0.2, 0.25) is 0 Å². The van der Waals surface area contributed by atoms with Gasteiger partial charge in [0.25, 0.3) is 0 Å². The van der Waals surface area contributed by atoms with Gasteiger partial charge in [-0.3, -0.25) is 10.0 Å². The summed E-state index contributed by atoms with van der Waals surface area (Å²) in [6.07, 6.45) is 7.61. The van der Waals surface area contributed by atoms with Crippen LogP contribution >= 0.6 is 0 Å². The Hall–Kier alpha value is -3.25. The third kappa shape index (κ3) is 6.12. The zero-order valence-electron chi connectivity index (χ0n) is 17.3. The Balaban J connectivity index is 1.72. The molecular weight excluding hydrogens is 376 g/mol. The number of pyridine rings is 2. The van der Waals surface area contributed by atoms with Crippen LogP contribution in [0.5, 0.6) is 0 Å². The lowest BCUT2D eigenvalue weighted by Gasteiger charge is -2.23. The van der Waals surface area contributed by atoms with E-state index in [0.29, 0.717) is 6.42 Å². The van der Waals surface area contributed by atoms with Gasteiger partial charge in [0.2, 0.25) is 5.91 Å². The van der Waals surface area contributed by atoms with E-state index in [2.05, 4.69) is 52.1 Å². The van der Waals surface area contributed by atoms with Crippen LogP contribution in [0, 0.1) is 6.92 Å². The predicted molar refractivity (Wildman–Crippen MR) is 119 cm³/mol. The van der Waals surface area contributed by atoms with E-state index < -0.39 is 0 Å². The largest absolute Gasteiger partial charge is 0.311 e. The van der Waals surface area contributed by atoms with Crippen molar-refractivity contribution < 1.29 is 10.0 Å². The van der Waals surface area contributed by atoms with E-state index in [-0.39, 0.29) is 5.91 Å². The third-order valence-corrected chi connectivity index (χ3v) is 4.96. The Labute approximate surface area is 177 Å². The Kier molecular flexibility index (Phi) is 7.92. The molecule has 2 heterocycles. The number of amides is 1. The highest BCUT2D eigenvalue weighted by molar-refractivity contribution is 5.74. The first-order valence-electron chi connectivity index (χ1n) is 10.3. The maximum absolute atomic E-state index is 11.1. The van der Waals surface area contributed by atoms with Gasteiger partial charge in [-0.05, 0) is 55.2 Å². The van der Waals surface area contributed by atoms with Gasteiger partial charge in [0.05, 0.1) is 0 Å². The van der Waals surface area contributed by atoms with Crippen LogP contribution in [0.1, 0.15) is 37.7 Å². The Bertz CT molecular complexity index is 947. The normalized spacial score (nSPS) is 10.6. The number of nitrogens with zero attached hydrogens (tertiary/aromatic N) is 3. The van der Waals surface area contributed by atoms with Crippen LogP contribution < -0.4 is 10.4 Å². The molecule has 0 atom stereocenters. The van der Waals surface area contributed by atoms with Crippen molar-refractivity contribution in [3.8, 4) is 11.1 Å². The topological polar surface area (TPSA) is 78.4 Å². The lowest BCUT2D eigenvalue weighted by Crippen LogP contribution is -2.21. The lowest BCUT2D eigenvalue weighted by atomic mass is 10.0. The quantitative estimate of drug-likeness (QED) is 0.281. The number of carbonyl (C=O) groups excluding carboxylic acids is 1. The summed E-state index contributed by atoms with van der Waals surface area (Å²) in [5, 5.41) is 8.56. The summed E-state index contributed by atoms with van der Waals surface area (Å²) in [6.45, 7) is 2.88. The second kappa shape index (κ2) is 11.1. The summed E-state index contributed by atoms with van der Waals surface area (Å²) in [7, 11) is 0. The van der Waals surface area contributed by atoms with Crippen molar-refractivity contribution in [3.05, 3.63) is 72.6 Å². The van der Waals surface area contributed by atoms with Gasteiger partial charge in [-0.25, -0.2) is 15.4 Å². The number of hydrogen-bond donors (Lipinski definition) is 2. The minimum atomic E-state index is -0.331. The average molecular weight is 405 g/mol. The van der Waals surface area contributed by atoms with Gasteiger partial charge < -0.3 is 4.90 Å². The molecule has 30 heavy (non-hydrogen) atoms. The summed E-state index contributed by atoms with van der Waals surface area (Å²) < 4.78 is 0. The number of nitrogens with one attached hydrogen (secondary N) is 1. The first-order chi connectivity index (χ1) is 14.7. The van der Waals surface area contributed by atoms with Crippen molar-refractivity contribution in [2.75, 3.05) is 11.4 Å². The number of anilines is 2. The number of rotatable bonds is 10. The molecule has 0 saturated heterocycles. The van der Waals surface area contributed by atoms with E-state index in [1.54, 1.807) is 11.7 Å². The fraction of sp³-hybridized carbons (Fsp3) is 0.292. The summed E-state index contributed by atoms with van der Waals surface area (Å²) in [4.78, 5) is 22.4. The Morgan fingerprint density at radius 1 is 0.900 bits per heavy atom. The van der Waals surface area contributed by atoms with E-state index in [0.717, 1.165) is 49.4 Å². The molecule has 1 amide bonds. The molecule has 0 aliphatic rings. The molecule has 0 radical (unpaired) electrons. The van der Waals surface area contributed by atoms with Crippen LogP contribution in [-0.2, 0) is 4.79 Å². The summed E-state index contributed by atoms with van der Waals surface area (Å²) in [5.74, 6) is 1.40. The van der Waals surface area contributed by atoms with Crippen molar-refractivity contribution in [1.29, 1.82) is 0 Å². The van der Waals surface area contributed by atoms with Gasteiger partial charge in [0.15, 0.2) is 0 Å². The summed E-state index contributed by atoms with van der Waals surface area (Å²) >= 11 is 0. The number of hydroxylamine groups is 1. The lowest BCUT2D eigenvalue weighted by molar-refractivity contribution is -0.129. The molecule has 0 aliphatic heterocycles. The van der Waals surface area contributed by atoms with Gasteiger partial charge in [-0.1, -0.05) is 48.7 Å². The fourth-order valence-electron chi connectivity index (χ4n) is 3.39. The summed E-state index contributed by atoms with van der Waals surface area (Å²) in [5.41, 5.74) is 5.19. The van der Waals surface area contributed by atoms with Gasteiger partial charge in [-0.2, -0.15) is 0 Å². The number of aromatic nitrogens is 2. The van der Waals surface area contributed by atoms with Gasteiger partial charge in [-0.15, -0.1) is 0 Å². The van der Waals surface area contributed by atoms with Crippen molar-refractivity contribution in [3.63, 3.8) is 0 Å². The first kappa shape index (κ1) is 21.5. The molecule has 0 saturated carbocycles. The van der Waals surface area contributed by atoms with E-state index in [4.69, 9.17) is 5.21 Å². The maximum Gasteiger partial charge on any atom is 0.243 e. The van der Waals surface area contributed by atoms with Crippen molar-refractivity contribution in [1.82, 2.24) is 15.4 Å². The average Bonchev–Trinajstić information content (AvgIpc) is 2.79. The molecule has 156 valence electrons. The Morgan fingerprint density at radius 2 is 1.70 bits per heavy atom. The first-order valence-corrected chi connectivity index (χ1v) is 10.3. The van der Waals surface area contributed by atoms with E-state index >= 15 is 0 Å². The van der Waals surface area contributed by atoms with Crippen molar-refractivity contribution >= 4 is 17.5 Å². The monoisotopic (exact) mass is 404 g/mol. The molecule has 1 aromatic carbocycles. The zero-order chi connectivity index (χ0) is 21.2. The molecule has 0 spiro atoms. The van der Waals surface area contributed by atoms with Crippen LogP contribution in [0.4, 0.5) is 11.6 Å². The van der Waals surface area contributed by atoms with Gasteiger partial charge in [0.1, 0.15) is 11.6 Å². The predicted octanol–water partition coefficient (Wildman–Crippen LogP) is 5.05. The van der Waals surface area contributed by atoms with Crippen LogP contribution in [0.25, 0.3) is 11.1 Å². The number of hydrogen-bond acceptors (Lipinski definition) is 5. The van der Waals surface area contributed by atoms with Crippen LogP contribution in [-0.4, -0.2) is 27.6 Å². The molecule has 6 nitrogen and oxygen atoms in total. The van der Waals surface area contributed by atoms with Gasteiger partial charge >= 0.3 is 0 Å². The highest BCUT2D eigenvalue weighted by Crippen LogP contribution is 2.27. The van der Waals surface area contributed by atoms with Crippen LogP contribution in [0.15, 0.2) is 67.0 Å². The molecule has 6 heteroatoms. The second-order valence-corrected chi connectivity index (χ2v) is 7.31. The molecule has 0 bridgehead atoms. The minimum absolute atomic E-state index is 0.331. The molecule has 2 aromatic heterocycles. The van der Waals surface area contributed by atoms with Crippen molar-refractivity contribution in [2.24, 2.45) is 0 Å². The molecule has 0 aliphatic carbocycles. The highest BCUT2D eigenvalue weighted by Gasteiger charge is 2.13. The molecule has 0 unspecified atom stereocenters.